The SMILES string of the molecule is O=S(=O)([N-]c1cccc2c1[NH2+]CCC2)N1CCOCC1. The quantitative estimate of drug-likeness (QED) is 0.821. The van der Waals surface area contributed by atoms with Crippen molar-refractivity contribution in [2.45, 2.75) is 12.8 Å². The zero-order chi connectivity index (χ0) is 14.0. The van der Waals surface area contributed by atoms with Crippen LogP contribution in [-0.4, -0.2) is 45.6 Å². The summed E-state index contributed by atoms with van der Waals surface area (Å²) in [6.07, 6.45) is 2.11. The average molecular weight is 297 g/mol. The molecule has 0 amide bonds. The van der Waals surface area contributed by atoms with Crippen LogP contribution in [0.15, 0.2) is 18.2 Å². The number of rotatable bonds is 3. The molecule has 1 fully saturated rings. The molecule has 2 aliphatic heterocycles. The molecule has 20 heavy (non-hydrogen) atoms. The second kappa shape index (κ2) is 5.69. The standard InChI is InChI=1S/C13H18N3O3S/c17-20(18,16-7-9-19-10-8-16)15-12-5-1-3-11-4-2-6-14-13(11)12/h1,3,5,14H,2,4,6-10H2/q-1/p+1. The van der Waals surface area contributed by atoms with Gasteiger partial charge in [-0.1, -0.05) is 23.9 Å². The van der Waals surface area contributed by atoms with Crippen LogP contribution in [0.1, 0.15) is 12.0 Å². The Morgan fingerprint density at radius 1 is 1.25 bits per heavy atom. The number of ether oxygens (including phenoxy) is 1. The monoisotopic (exact) mass is 297 g/mol. The molecule has 2 heterocycles. The minimum Gasteiger partial charge on any atom is -0.559 e. The van der Waals surface area contributed by atoms with E-state index in [0.29, 0.717) is 32.0 Å². The van der Waals surface area contributed by atoms with E-state index in [9.17, 15) is 8.42 Å². The highest BCUT2D eigenvalue weighted by Crippen LogP contribution is 2.34. The minimum atomic E-state index is -3.61. The number of hydrogen-bond donors (Lipinski definition) is 1. The minimum absolute atomic E-state index is 0.380. The van der Waals surface area contributed by atoms with Gasteiger partial charge >= 0.3 is 0 Å². The molecule has 0 radical (unpaired) electrons. The van der Waals surface area contributed by atoms with Gasteiger partial charge < -0.3 is 14.8 Å². The fourth-order valence-corrected chi connectivity index (χ4v) is 3.76. The number of benzene rings is 1. The van der Waals surface area contributed by atoms with E-state index >= 15 is 0 Å². The zero-order valence-corrected chi connectivity index (χ0v) is 12.1. The van der Waals surface area contributed by atoms with Gasteiger partial charge in [-0.15, -0.1) is 0 Å². The van der Waals surface area contributed by atoms with Crippen LogP contribution in [0.4, 0.5) is 11.4 Å². The molecular weight excluding hydrogens is 278 g/mol. The summed E-state index contributed by atoms with van der Waals surface area (Å²) in [7, 11) is -3.61. The molecule has 1 aromatic rings. The predicted molar refractivity (Wildman–Crippen MR) is 75.5 cm³/mol. The molecule has 3 rings (SSSR count). The molecule has 0 spiro atoms. The highest BCUT2D eigenvalue weighted by Gasteiger charge is 2.20. The van der Waals surface area contributed by atoms with E-state index in [1.165, 1.54) is 9.87 Å². The van der Waals surface area contributed by atoms with Crippen LogP contribution >= 0.6 is 0 Å². The number of morpholine rings is 1. The molecule has 7 heteroatoms. The van der Waals surface area contributed by atoms with Crippen molar-refractivity contribution in [3.63, 3.8) is 0 Å². The van der Waals surface area contributed by atoms with E-state index in [1.54, 1.807) is 6.07 Å². The van der Waals surface area contributed by atoms with Gasteiger partial charge in [-0.25, -0.2) is 12.7 Å². The van der Waals surface area contributed by atoms with E-state index in [-0.39, 0.29) is 0 Å². The number of nitrogens with two attached hydrogens (primary N) is 1. The molecule has 1 aromatic carbocycles. The van der Waals surface area contributed by atoms with Crippen molar-refractivity contribution in [2.75, 3.05) is 32.8 Å². The Balaban J connectivity index is 1.83. The van der Waals surface area contributed by atoms with Crippen LogP contribution in [-0.2, 0) is 21.4 Å². The van der Waals surface area contributed by atoms with E-state index < -0.39 is 10.2 Å². The fourth-order valence-electron chi connectivity index (χ4n) is 2.63. The highest BCUT2D eigenvalue weighted by atomic mass is 32.2. The molecule has 0 saturated carbocycles. The first-order valence-electron chi connectivity index (χ1n) is 6.93. The third kappa shape index (κ3) is 2.80. The summed E-state index contributed by atoms with van der Waals surface area (Å²) in [4.78, 5) is 0. The molecule has 0 unspecified atom stereocenters. The summed E-state index contributed by atoms with van der Waals surface area (Å²) in [5, 5.41) is 2.09. The third-order valence-corrected chi connectivity index (χ3v) is 5.13. The molecule has 0 bridgehead atoms. The van der Waals surface area contributed by atoms with Gasteiger partial charge in [0, 0.05) is 25.1 Å². The first-order valence-corrected chi connectivity index (χ1v) is 8.32. The molecule has 0 aliphatic carbocycles. The summed E-state index contributed by atoms with van der Waals surface area (Å²) in [6.45, 7) is 2.62. The summed E-state index contributed by atoms with van der Waals surface area (Å²) in [5.74, 6) is 0. The van der Waals surface area contributed by atoms with Gasteiger partial charge in [-0.2, -0.15) is 0 Å². The maximum atomic E-state index is 12.3. The molecule has 6 nitrogen and oxygen atoms in total. The first kappa shape index (κ1) is 13.8. The highest BCUT2D eigenvalue weighted by molar-refractivity contribution is 7.92. The average Bonchev–Trinajstić information content (AvgIpc) is 2.48. The predicted octanol–water partition coefficient (Wildman–Crippen LogP) is 0.410. The van der Waals surface area contributed by atoms with Crippen LogP contribution in [0.3, 0.4) is 0 Å². The molecule has 110 valence electrons. The largest absolute Gasteiger partial charge is 0.559 e. The van der Waals surface area contributed by atoms with Gasteiger partial charge in [0.05, 0.1) is 19.8 Å². The van der Waals surface area contributed by atoms with E-state index in [0.717, 1.165) is 25.1 Å². The van der Waals surface area contributed by atoms with Crippen molar-refractivity contribution in [3.05, 3.63) is 28.5 Å². The zero-order valence-electron chi connectivity index (χ0n) is 11.3. The van der Waals surface area contributed by atoms with Crippen LogP contribution in [0, 0.1) is 0 Å². The lowest BCUT2D eigenvalue weighted by atomic mass is 10.0. The number of nitrogens with zero attached hydrogens (tertiary/aromatic N) is 2. The summed E-state index contributed by atoms with van der Waals surface area (Å²) in [6, 6.07) is 5.70. The number of para-hydroxylation sites is 1. The van der Waals surface area contributed by atoms with E-state index in [2.05, 4.69) is 10.0 Å². The van der Waals surface area contributed by atoms with Crippen LogP contribution in [0.2, 0.25) is 0 Å². The molecular formula is C13H19N3O3S. The number of hydrogen-bond acceptors (Lipinski definition) is 3. The van der Waals surface area contributed by atoms with E-state index in [4.69, 9.17) is 4.74 Å². The number of quaternary nitrogens is 1. The van der Waals surface area contributed by atoms with Gasteiger partial charge in [0.2, 0.25) is 0 Å². The molecule has 1 saturated heterocycles. The Labute approximate surface area is 119 Å². The van der Waals surface area contributed by atoms with Crippen LogP contribution < -0.4 is 5.32 Å². The fraction of sp³-hybridized carbons (Fsp3) is 0.538. The van der Waals surface area contributed by atoms with Crippen molar-refractivity contribution in [2.24, 2.45) is 0 Å². The van der Waals surface area contributed by atoms with Crippen molar-refractivity contribution in [3.8, 4) is 0 Å². The van der Waals surface area contributed by atoms with Crippen molar-refractivity contribution >= 4 is 21.6 Å². The molecule has 0 aromatic heterocycles. The lowest BCUT2D eigenvalue weighted by molar-refractivity contribution is -0.575. The molecule has 2 N–H and O–H groups in total. The van der Waals surface area contributed by atoms with Gasteiger partial charge in [-0.3, -0.25) is 0 Å². The normalized spacial score (nSPS) is 20.4. The Kier molecular flexibility index (Phi) is 3.93. The maximum Gasteiger partial charge on any atom is 0.159 e. The molecule has 0 atom stereocenters. The third-order valence-electron chi connectivity index (χ3n) is 3.68. The molecule has 2 aliphatic rings. The first-order chi connectivity index (χ1) is 9.67. The summed E-state index contributed by atoms with van der Waals surface area (Å²) < 4.78 is 35.3. The Morgan fingerprint density at radius 3 is 2.85 bits per heavy atom. The Hall–Kier alpha value is -1.15. The Bertz CT molecular complexity index is 583. The van der Waals surface area contributed by atoms with Gasteiger partial charge in [0.25, 0.3) is 0 Å². The van der Waals surface area contributed by atoms with Gasteiger partial charge in [-0.05, 0) is 6.42 Å². The number of aryl methyl sites for hydroxylation is 1. The maximum absolute atomic E-state index is 12.3. The van der Waals surface area contributed by atoms with Gasteiger partial charge in [0.15, 0.2) is 10.2 Å². The summed E-state index contributed by atoms with van der Waals surface area (Å²) >= 11 is 0. The second-order valence-corrected chi connectivity index (χ2v) is 6.62. The smallest absolute Gasteiger partial charge is 0.159 e. The second-order valence-electron chi connectivity index (χ2n) is 5.03. The summed E-state index contributed by atoms with van der Waals surface area (Å²) in [5.41, 5.74) is 2.74. The Morgan fingerprint density at radius 2 is 2.05 bits per heavy atom. The van der Waals surface area contributed by atoms with Crippen LogP contribution in [0.5, 0.6) is 0 Å². The lowest BCUT2D eigenvalue weighted by Crippen LogP contribution is -2.79. The van der Waals surface area contributed by atoms with Crippen molar-refractivity contribution in [1.82, 2.24) is 4.31 Å². The van der Waals surface area contributed by atoms with Crippen LogP contribution in [0.25, 0.3) is 4.72 Å². The van der Waals surface area contributed by atoms with Crippen molar-refractivity contribution in [1.29, 1.82) is 0 Å². The van der Waals surface area contributed by atoms with Gasteiger partial charge in [0.1, 0.15) is 5.69 Å². The number of fused-ring (bicyclic) bond motifs is 1. The van der Waals surface area contributed by atoms with Crippen molar-refractivity contribution < 1.29 is 18.5 Å². The topological polar surface area (TPSA) is 77.3 Å². The lowest BCUT2D eigenvalue weighted by Gasteiger charge is -2.34. The van der Waals surface area contributed by atoms with E-state index in [1.807, 2.05) is 12.1 Å².